The van der Waals surface area contributed by atoms with Gasteiger partial charge >= 0.3 is 24.0 Å². The van der Waals surface area contributed by atoms with E-state index in [1.54, 1.807) is 0 Å². The highest BCUT2D eigenvalue weighted by Gasteiger charge is 2.73. The Morgan fingerprint density at radius 3 is 1.76 bits per heavy atom. The molecule has 0 fully saturated rings. The average Bonchev–Trinajstić information content (AvgIpc) is 2.15. The van der Waals surface area contributed by atoms with Crippen LogP contribution in [0.5, 0.6) is 0 Å². The predicted molar refractivity (Wildman–Crippen MR) is 41.7 cm³/mol. The van der Waals surface area contributed by atoms with Crippen LogP contribution in [0.15, 0.2) is 11.6 Å². The number of allylic oxidation sites excluding steroid dienone is 1. The lowest BCUT2D eigenvalue weighted by Gasteiger charge is -2.28. The van der Waals surface area contributed by atoms with Gasteiger partial charge < -0.3 is 4.74 Å². The highest BCUT2D eigenvalue weighted by Crippen LogP contribution is 2.49. The van der Waals surface area contributed by atoms with E-state index in [-0.39, 0.29) is 13.0 Å². The molecular weight excluding hydrogens is 261 g/mol. The topological polar surface area (TPSA) is 26.3 Å². The number of esters is 1. The summed E-state index contributed by atoms with van der Waals surface area (Å²) < 4.78 is 89.6. The fourth-order valence-corrected chi connectivity index (χ4v) is 0.752. The number of halogens is 7. The van der Waals surface area contributed by atoms with Crippen molar-refractivity contribution in [2.24, 2.45) is 0 Å². The molecule has 0 radical (unpaired) electrons. The second-order valence-electron chi connectivity index (χ2n) is 3.00. The second kappa shape index (κ2) is 4.53. The van der Waals surface area contributed by atoms with Gasteiger partial charge in [0.1, 0.15) is 0 Å². The number of carbonyl (C=O) groups excluding carboxylic acids is 1. The van der Waals surface area contributed by atoms with Crippen molar-refractivity contribution < 1.29 is 40.3 Å². The highest BCUT2D eigenvalue weighted by atomic mass is 19.4. The maximum Gasteiger partial charge on any atom is 0.460 e. The van der Waals surface area contributed by atoms with Crippen LogP contribution >= 0.6 is 0 Å². The maximum absolute atomic E-state index is 12.8. The van der Waals surface area contributed by atoms with Gasteiger partial charge in [-0.25, -0.2) is 4.79 Å². The number of hydrogen-bond acceptors (Lipinski definition) is 2. The summed E-state index contributed by atoms with van der Waals surface area (Å²) in [6, 6.07) is 0. The van der Waals surface area contributed by atoms with E-state index in [4.69, 9.17) is 0 Å². The van der Waals surface area contributed by atoms with Gasteiger partial charge in [-0.05, 0) is 6.92 Å². The first kappa shape index (κ1) is 15.7. The molecule has 2 nitrogen and oxygen atoms in total. The van der Waals surface area contributed by atoms with Crippen LogP contribution in [0.3, 0.4) is 0 Å². The van der Waals surface area contributed by atoms with Crippen LogP contribution in [-0.4, -0.2) is 31.1 Å². The second-order valence-corrected chi connectivity index (χ2v) is 3.00. The van der Waals surface area contributed by atoms with Crippen molar-refractivity contribution in [1.29, 1.82) is 0 Å². The molecular formula is C8H7F7O2. The van der Waals surface area contributed by atoms with E-state index in [2.05, 4.69) is 4.74 Å². The lowest BCUT2D eigenvalue weighted by molar-refractivity contribution is -0.344. The molecule has 0 aromatic heterocycles. The van der Waals surface area contributed by atoms with Crippen LogP contribution in [0.25, 0.3) is 0 Å². The molecule has 17 heavy (non-hydrogen) atoms. The van der Waals surface area contributed by atoms with Gasteiger partial charge in [-0.2, -0.15) is 30.7 Å². The van der Waals surface area contributed by atoms with Crippen molar-refractivity contribution in [3.05, 3.63) is 11.6 Å². The van der Waals surface area contributed by atoms with Gasteiger partial charge in [0.05, 0.1) is 7.11 Å². The minimum absolute atomic E-state index is 0.125. The molecule has 100 valence electrons. The van der Waals surface area contributed by atoms with Crippen LogP contribution in [0.4, 0.5) is 30.7 Å². The molecule has 0 amide bonds. The molecule has 0 bridgehead atoms. The molecule has 9 heteroatoms. The Labute approximate surface area is 91.0 Å². The summed E-state index contributed by atoms with van der Waals surface area (Å²) in [6.45, 7) is 0.274. The monoisotopic (exact) mass is 268 g/mol. The van der Waals surface area contributed by atoms with Crippen molar-refractivity contribution in [2.45, 2.75) is 24.9 Å². The van der Waals surface area contributed by atoms with E-state index in [1.165, 1.54) is 0 Å². The Bertz CT molecular complexity index is 329. The van der Waals surface area contributed by atoms with Crippen LogP contribution in [0.2, 0.25) is 0 Å². The fourth-order valence-electron chi connectivity index (χ4n) is 0.752. The van der Waals surface area contributed by atoms with E-state index in [0.29, 0.717) is 0 Å². The number of hydrogen-bond donors (Lipinski definition) is 0. The summed E-state index contributed by atoms with van der Waals surface area (Å²) in [6.07, 6.45) is -6.55. The van der Waals surface area contributed by atoms with Gasteiger partial charge in [0.25, 0.3) is 0 Å². The number of ether oxygens (including phenoxy) is 1. The number of carbonyl (C=O) groups is 1. The first-order valence-corrected chi connectivity index (χ1v) is 3.97. The summed E-state index contributed by atoms with van der Waals surface area (Å²) >= 11 is 0. The third kappa shape index (κ3) is 2.89. The molecule has 0 aliphatic carbocycles. The number of rotatable bonds is 3. The third-order valence-electron chi connectivity index (χ3n) is 1.78. The van der Waals surface area contributed by atoms with Crippen LogP contribution < -0.4 is 0 Å². The quantitative estimate of drug-likeness (QED) is 0.447. The highest BCUT2D eigenvalue weighted by molar-refractivity contribution is 5.82. The van der Waals surface area contributed by atoms with Crippen molar-refractivity contribution in [1.82, 2.24) is 0 Å². The standard InChI is InChI=1S/C8H7F7O2/c1-4(3-5(16)17-2)6(9,10)7(11,12)8(13,14)15/h3H,1-2H3. The van der Waals surface area contributed by atoms with Gasteiger partial charge in [-0.1, -0.05) is 0 Å². The number of alkyl halides is 7. The minimum atomic E-state index is -6.43. The molecule has 0 aliphatic rings. The van der Waals surface area contributed by atoms with Crippen LogP contribution in [-0.2, 0) is 9.53 Å². The molecule has 0 heterocycles. The third-order valence-corrected chi connectivity index (χ3v) is 1.78. The molecule has 0 saturated carbocycles. The Kier molecular flexibility index (Phi) is 4.19. The van der Waals surface area contributed by atoms with E-state index >= 15 is 0 Å². The molecule has 0 saturated heterocycles. The van der Waals surface area contributed by atoms with Crippen molar-refractivity contribution in [3.8, 4) is 0 Å². The largest absolute Gasteiger partial charge is 0.466 e. The summed E-state index contributed by atoms with van der Waals surface area (Å²) in [5, 5.41) is 0. The first-order valence-electron chi connectivity index (χ1n) is 3.97. The average molecular weight is 268 g/mol. The van der Waals surface area contributed by atoms with E-state index < -0.39 is 29.6 Å². The molecule has 0 aliphatic heterocycles. The summed E-state index contributed by atoms with van der Waals surface area (Å²) in [7, 11) is 0.756. The molecule has 0 aromatic carbocycles. The summed E-state index contributed by atoms with van der Waals surface area (Å²) in [5.74, 6) is -13.3. The molecule has 0 aromatic rings. The normalized spacial score (nSPS) is 14.8. The zero-order valence-electron chi connectivity index (χ0n) is 8.54. The molecule has 0 rings (SSSR count). The van der Waals surface area contributed by atoms with Crippen LogP contribution in [0.1, 0.15) is 6.92 Å². The SMILES string of the molecule is COC(=O)C=C(C)C(F)(F)C(F)(F)C(F)(F)F. The Hall–Kier alpha value is -1.28. The Morgan fingerprint density at radius 2 is 1.47 bits per heavy atom. The van der Waals surface area contributed by atoms with E-state index in [1.807, 2.05) is 0 Å². The smallest absolute Gasteiger partial charge is 0.460 e. The fraction of sp³-hybridized carbons (Fsp3) is 0.625. The van der Waals surface area contributed by atoms with Gasteiger partial charge in [-0.15, -0.1) is 0 Å². The molecule has 0 unspecified atom stereocenters. The summed E-state index contributed by atoms with van der Waals surface area (Å²) in [4.78, 5) is 10.5. The molecule has 0 spiro atoms. The van der Waals surface area contributed by atoms with Gasteiger partial charge in [0.15, 0.2) is 0 Å². The van der Waals surface area contributed by atoms with Gasteiger partial charge in [0.2, 0.25) is 0 Å². The lowest BCUT2D eigenvalue weighted by atomic mass is 10.0. The van der Waals surface area contributed by atoms with Crippen molar-refractivity contribution >= 4 is 5.97 Å². The zero-order chi connectivity index (χ0) is 14.1. The first-order chi connectivity index (χ1) is 7.38. The molecule has 0 N–H and O–H groups in total. The maximum atomic E-state index is 12.8. The number of methoxy groups -OCH3 is 1. The van der Waals surface area contributed by atoms with Crippen molar-refractivity contribution in [3.63, 3.8) is 0 Å². The Balaban J connectivity index is 5.42. The predicted octanol–water partition coefficient (Wildman–Crippen LogP) is 2.94. The lowest BCUT2D eigenvalue weighted by Crippen LogP contribution is -2.52. The molecule has 0 atom stereocenters. The minimum Gasteiger partial charge on any atom is -0.466 e. The van der Waals surface area contributed by atoms with Gasteiger partial charge in [0, 0.05) is 11.6 Å². The van der Waals surface area contributed by atoms with Crippen molar-refractivity contribution in [2.75, 3.05) is 7.11 Å². The Morgan fingerprint density at radius 1 is 1.06 bits per heavy atom. The van der Waals surface area contributed by atoms with Gasteiger partial charge in [-0.3, -0.25) is 0 Å². The van der Waals surface area contributed by atoms with Crippen LogP contribution in [0, 0.1) is 0 Å². The van der Waals surface area contributed by atoms with E-state index in [0.717, 1.165) is 7.11 Å². The van der Waals surface area contributed by atoms with E-state index in [9.17, 15) is 35.5 Å². The zero-order valence-corrected chi connectivity index (χ0v) is 8.54. The summed E-state index contributed by atoms with van der Waals surface area (Å²) in [5.41, 5.74) is -1.74.